The summed E-state index contributed by atoms with van der Waals surface area (Å²) < 4.78 is 43.4. The number of rotatable bonds is 5. The fourth-order valence-electron chi connectivity index (χ4n) is 1.96. The Hall–Kier alpha value is -1.02. The van der Waals surface area contributed by atoms with Crippen LogP contribution in [0.1, 0.15) is 12.8 Å². The molecular weight excluding hydrogens is 251 g/mol. The Balaban J connectivity index is 2.54. The third-order valence-electron chi connectivity index (χ3n) is 2.90. The Morgan fingerprint density at radius 2 is 2.28 bits per heavy atom. The minimum Gasteiger partial charge on any atom is -0.409 e. The molecule has 106 valence electrons. The number of oxime groups is 1. The fraction of sp³-hybridized carbons (Fsp3) is 0.900. The highest BCUT2D eigenvalue weighted by Gasteiger charge is 2.43. The average Bonchev–Trinajstić information content (AvgIpc) is 2.76. The number of halogens is 3. The number of alkyl halides is 3. The van der Waals surface area contributed by atoms with E-state index >= 15 is 0 Å². The van der Waals surface area contributed by atoms with Crippen molar-refractivity contribution >= 4 is 5.84 Å². The number of hydrogen-bond acceptors (Lipinski definition) is 4. The zero-order chi connectivity index (χ0) is 13.8. The molecule has 1 saturated heterocycles. The van der Waals surface area contributed by atoms with Crippen LogP contribution in [0.4, 0.5) is 13.2 Å². The van der Waals surface area contributed by atoms with E-state index in [2.05, 4.69) is 5.16 Å². The molecule has 0 radical (unpaired) electrons. The van der Waals surface area contributed by atoms with Crippen LogP contribution in [0.2, 0.25) is 0 Å². The summed E-state index contributed by atoms with van der Waals surface area (Å²) in [5.41, 5.74) is 5.08. The van der Waals surface area contributed by atoms with E-state index in [9.17, 15) is 13.2 Å². The van der Waals surface area contributed by atoms with Gasteiger partial charge in [-0.3, -0.25) is 0 Å². The van der Waals surface area contributed by atoms with E-state index in [4.69, 9.17) is 15.7 Å². The number of hydrogen-bond donors (Lipinski definition) is 2. The van der Waals surface area contributed by atoms with E-state index in [0.717, 1.165) is 12.8 Å². The van der Waals surface area contributed by atoms with Crippen molar-refractivity contribution in [2.24, 2.45) is 16.8 Å². The summed E-state index contributed by atoms with van der Waals surface area (Å²) in [5, 5.41) is 10.8. The summed E-state index contributed by atoms with van der Waals surface area (Å²) in [6.07, 6.45) is -2.77. The first-order chi connectivity index (χ1) is 8.34. The van der Waals surface area contributed by atoms with Gasteiger partial charge in [0.15, 0.2) is 5.84 Å². The first-order valence-corrected chi connectivity index (χ1v) is 5.69. The second-order valence-electron chi connectivity index (χ2n) is 4.48. The minimum absolute atomic E-state index is 0.0313. The highest BCUT2D eigenvalue weighted by atomic mass is 19.4. The smallest absolute Gasteiger partial charge is 0.400 e. The Morgan fingerprint density at radius 1 is 1.61 bits per heavy atom. The standard InChI is InChI=1S/C10H18F3N3O2/c1-16(5-7-3-2-4-18-7)6-8(9(14)15-17)10(11,12)13/h7-8,17H,2-6H2,1H3,(H2,14,15). The van der Waals surface area contributed by atoms with Crippen molar-refractivity contribution in [3.05, 3.63) is 0 Å². The molecular formula is C10H18F3N3O2. The lowest BCUT2D eigenvalue weighted by atomic mass is 10.1. The third-order valence-corrected chi connectivity index (χ3v) is 2.90. The number of nitrogens with zero attached hydrogens (tertiary/aromatic N) is 2. The molecule has 0 aromatic carbocycles. The van der Waals surface area contributed by atoms with Gasteiger partial charge in [0.05, 0.1) is 6.10 Å². The van der Waals surface area contributed by atoms with Crippen LogP contribution in [0.3, 0.4) is 0 Å². The SMILES string of the molecule is CN(CC1CCCO1)CC(C(N)=NO)C(F)(F)F. The number of likely N-dealkylation sites (N-methyl/N-ethyl adjacent to an activating group) is 1. The second-order valence-corrected chi connectivity index (χ2v) is 4.48. The van der Waals surface area contributed by atoms with E-state index in [1.807, 2.05) is 0 Å². The van der Waals surface area contributed by atoms with E-state index in [1.165, 1.54) is 4.90 Å². The zero-order valence-corrected chi connectivity index (χ0v) is 10.2. The zero-order valence-electron chi connectivity index (χ0n) is 10.2. The van der Waals surface area contributed by atoms with E-state index in [-0.39, 0.29) is 12.6 Å². The maximum Gasteiger partial charge on any atom is 0.400 e. The van der Waals surface area contributed by atoms with Crippen molar-refractivity contribution in [3.63, 3.8) is 0 Å². The maximum atomic E-state index is 12.7. The monoisotopic (exact) mass is 269 g/mol. The average molecular weight is 269 g/mol. The van der Waals surface area contributed by atoms with Crippen LogP contribution in [0.5, 0.6) is 0 Å². The van der Waals surface area contributed by atoms with Crippen LogP contribution >= 0.6 is 0 Å². The van der Waals surface area contributed by atoms with Gasteiger partial charge in [0, 0.05) is 19.7 Å². The fourth-order valence-corrected chi connectivity index (χ4v) is 1.96. The molecule has 1 aliphatic heterocycles. The van der Waals surface area contributed by atoms with Crippen molar-refractivity contribution in [1.82, 2.24) is 4.90 Å². The molecule has 8 heteroatoms. The highest BCUT2D eigenvalue weighted by Crippen LogP contribution is 2.27. The van der Waals surface area contributed by atoms with Gasteiger partial charge in [-0.1, -0.05) is 5.16 Å². The molecule has 0 bridgehead atoms. The van der Waals surface area contributed by atoms with Gasteiger partial charge < -0.3 is 20.6 Å². The molecule has 0 aromatic heterocycles. The summed E-state index contributed by atoms with van der Waals surface area (Å²) in [7, 11) is 1.56. The Bertz CT molecular complexity index is 291. The molecule has 1 aliphatic rings. The molecule has 0 spiro atoms. The first kappa shape index (κ1) is 15.0. The molecule has 2 atom stereocenters. The molecule has 0 amide bonds. The lowest BCUT2D eigenvalue weighted by molar-refractivity contribution is -0.160. The predicted octanol–water partition coefficient (Wildman–Crippen LogP) is 1.02. The quantitative estimate of drug-likeness (QED) is 0.338. The van der Waals surface area contributed by atoms with Crippen molar-refractivity contribution < 1.29 is 23.1 Å². The molecule has 1 heterocycles. The van der Waals surface area contributed by atoms with Gasteiger partial charge in [-0.25, -0.2) is 0 Å². The Labute approximate surface area is 103 Å². The van der Waals surface area contributed by atoms with Crippen LogP contribution in [-0.2, 0) is 4.74 Å². The summed E-state index contributed by atoms with van der Waals surface area (Å²) in [5.74, 6) is -2.78. The van der Waals surface area contributed by atoms with Gasteiger partial charge in [-0.05, 0) is 19.9 Å². The Morgan fingerprint density at radius 3 is 2.72 bits per heavy atom. The van der Waals surface area contributed by atoms with Crippen LogP contribution in [0, 0.1) is 5.92 Å². The normalized spacial score (nSPS) is 23.6. The predicted molar refractivity (Wildman–Crippen MR) is 59.4 cm³/mol. The lowest BCUT2D eigenvalue weighted by Gasteiger charge is -2.26. The molecule has 18 heavy (non-hydrogen) atoms. The molecule has 0 aliphatic carbocycles. The van der Waals surface area contributed by atoms with Crippen LogP contribution in [0.15, 0.2) is 5.16 Å². The van der Waals surface area contributed by atoms with E-state index in [0.29, 0.717) is 13.2 Å². The molecule has 2 unspecified atom stereocenters. The minimum atomic E-state index is -4.53. The number of amidine groups is 1. The first-order valence-electron chi connectivity index (χ1n) is 5.69. The topological polar surface area (TPSA) is 71.1 Å². The molecule has 1 rings (SSSR count). The van der Waals surface area contributed by atoms with E-state index in [1.54, 1.807) is 7.05 Å². The van der Waals surface area contributed by atoms with Gasteiger partial charge >= 0.3 is 6.18 Å². The van der Waals surface area contributed by atoms with E-state index < -0.39 is 17.9 Å². The molecule has 0 saturated carbocycles. The molecule has 1 fully saturated rings. The molecule has 3 N–H and O–H groups in total. The summed E-state index contributed by atoms with van der Waals surface area (Å²) in [6.45, 7) is 0.714. The van der Waals surface area contributed by atoms with Crippen molar-refractivity contribution in [2.75, 3.05) is 26.7 Å². The van der Waals surface area contributed by atoms with Crippen molar-refractivity contribution in [1.29, 1.82) is 0 Å². The van der Waals surface area contributed by atoms with Crippen LogP contribution < -0.4 is 5.73 Å². The van der Waals surface area contributed by atoms with Crippen molar-refractivity contribution in [3.8, 4) is 0 Å². The maximum absolute atomic E-state index is 12.7. The Kier molecular flexibility index (Phi) is 5.21. The van der Waals surface area contributed by atoms with Gasteiger partial charge in [0.25, 0.3) is 0 Å². The largest absolute Gasteiger partial charge is 0.409 e. The number of nitrogens with two attached hydrogens (primary N) is 1. The summed E-state index contributed by atoms with van der Waals surface area (Å²) >= 11 is 0. The number of ether oxygens (including phenoxy) is 1. The van der Waals surface area contributed by atoms with Crippen LogP contribution in [-0.4, -0.2) is 55.0 Å². The van der Waals surface area contributed by atoms with Crippen LogP contribution in [0.25, 0.3) is 0 Å². The highest BCUT2D eigenvalue weighted by molar-refractivity contribution is 5.83. The second kappa shape index (κ2) is 6.24. The summed E-state index contributed by atoms with van der Waals surface area (Å²) in [4.78, 5) is 1.49. The van der Waals surface area contributed by atoms with Gasteiger partial charge in [-0.15, -0.1) is 0 Å². The molecule has 0 aromatic rings. The third kappa shape index (κ3) is 4.34. The van der Waals surface area contributed by atoms with Gasteiger partial charge in [0.1, 0.15) is 5.92 Å². The lowest BCUT2D eigenvalue weighted by Crippen LogP contribution is -2.44. The van der Waals surface area contributed by atoms with Crippen molar-refractivity contribution in [2.45, 2.75) is 25.1 Å². The van der Waals surface area contributed by atoms with Gasteiger partial charge in [0.2, 0.25) is 0 Å². The van der Waals surface area contributed by atoms with Gasteiger partial charge in [-0.2, -0.15) is 13.2 Å². The summed E-state index contributed by atoms with van der Waals surface area (Å²) in [6, 6.07) is 0. The molecule has 5 nitrogen and oxygen atoms in total.